The fourth-order valence-corrected chi connectivity index (χ4v) is 5.46. The highest BCUT2D eigenvalue weighted by Gasteiger charge is 2.31. The number of benzene rings is 2. The number of amides is 3. The van der Waals surface area contributed by atoms with Gasteiger partial charge in [0.2, 0.25) is 17.7 Å². The molecule has 0 saturated carbocycles. The van der Waals surface area contributed by atoms with Gasteiger partial charge in [0.15, 0.2) is 0 Å². The summed E-state index contributed by atoms with van der Waals surface area (Å²) in [7, 11) is 0. The summed E-state index contributed by atoms with van der Waals surface area (Å²) in [5.74, 6) is -1.70. The second-order valence-corrected chi connectivity index (χ2v) is 12.1. The molecule has 3 amide bonds. The number of hydrogen-bond acceptors (Lipinski definition) is 8. The first-order chi connectivity index (χ1) is 20.6. The van der Waals surface area contributed by atoms with Crippen molar-refractivity contribution in [2.45, 2.75) is 49.9 Å². The number of nitrogens with two attached hydrogens (primary N) is 1. The molecule has 0 spiro atoms. The molecule has 3 aromatic rings. The molecule has 0 radical (unpaired) electrons. The van der Waals surface area contributed by atoms with Gasteiger partial charge in [0.25, 0.3) is 0 Å². The van der Waals surface area contributed by atoms with E-state index in [1.54, 1.807) is 30.1 Å². The van der Waals surface area contributed by atoms with Crippen LogP contribution in [-0.2, 0) is 32.0 Å². The fourth-order valence-electron chi connectivity index (χ4n) is 4.50. The molecule has 0 aliphatic carbocycles. The minimum absolute atomic E-state index is 0.0434. The first-order valence-corrected chi connectivity index (χ1v) is 16.6. The average molecular weight is 630 g/mol. The second-order valence-electron chi connectivity index (χ2n) is 10.1. The third-order valence-electron chi connectivity index (χ3n) is 6.94. The first kappa shape index (κ1) is 33.8. The monoisotopic (exact) mass is 629 g/mol. The largest absolute Gasteiger partial charge is 0.508 e. The zero-order chi connectivity index (χ0) is 31.4. The maximum atomic E-state index is 13.6. The molecular weight excluding hydrogens is 590 g/mol. The number of phenolic OH excluding ortho intramolecular Hbond substituents is 1. The average Bonchev–Trinajstić information content (AvgIpc) is 3.40. The molecule has 4 unspecified atom stereocenters. The van der Waals surface area contributed by atoms with Crippen LogP contribution in [0.2, 0.25) is 0 Å². The zero-order valence-electron chi connectivity index (χ0n) is 24.2. The Balaban J connectivity index is 1.77. The maximum absolute atomic E-state index is 13.6. The summed E-state index contributed by atoms with van der Waals surface area (Å²) in [5, 5.41) is 28.5. The molecule has 3 rings (SSSR count). The Morgan fingerprint density at radius 1 is 0.814 bits per heavy atom. The van der Waals surface area contributed by atoms with Crippen molar-refractivity contribution in [1.29, 1.82) is 0 Å². The van der Waals surface area contributed by atoms with E-state index in [9.17, 15) is 29.4 Å². The number of aromatic hydroxyl groups is 1. The quantitative estimate of drug-likeness (QED) is 0.117. The van der Waals surface area contributed by atoms with Crippen LogP contribution in [0.4, 0.5) is 0 Å². The van der Waals surface area contributed by atoms with Crippen LogP contribution in [0.5, 0.6) is 5.75 Å². The van der Waals surface area contributed by atoms with Gasteiger partial charge >= 0.3 is 5.97 Å². The van der Waals surface area contributed by atoms with Crippen LogP contribution in [0.25, 0.3) is 10.9 Å². The van der Waals surface area contributed by atoms with E-state index in [1.807, 2.05) is 36.8 Å². The molecule has 43 heavy (non-hydrogen) atoms. The summed E-state index contributed by atoms with van der Waals surface area (Å²) in [6.45, 7) is 0. The number of para-hydroxylation sites is 1. The van der Waals surface area contributed by atoms with E-state index >= 15 is 0 Å². The lowest BCUT2D eigenvalue weighted by atomic mass is 10.0. The van der Waals surface area contributed by atoms with E-state index < -0.39 is 47.9 Å². The van der Waals surface area contributed by atoms with Crippen molar-refractivity contribution in [2.75, 3.05) is 24.0 Å². The number of hydrogen-bond donors (Lipinski definition) is 7. The van der Waals surface area contributed by atoms with Gasteiger partial charge in [-0.2, -0.15) is 23.5 Å². The fraction of sp³-hybridized carbons (Fsp3) is 0.400. The number of aliphatic carboxylic acids is 1. The molecule has 4 atom stereocenters. The standard InChI is InChI=1S/C30H39N5O6S2/c1-42-13-11-22(31)27(37)34-25(15-18-7-9-20(36)10-8-18)29(39)33-24(12-14-43-2)28(38)35-26(30(40)41)16-19-17-32-23-6-4-3-5-21(19)23/h3-10,17,22,24-26,32,36H,11-16,31H2,1-2H3,(H,33,39)(H,34,37)(H,35,38)(H,40,41). The number of thioether (sulfide) groups is 2. The minimum atomic E-state index is -1.23. The Labute approximate surface area is 259 Å². The summed E-state index contributed by atoms with van der Waals surface area (Å²) in [6.07, 6.45) is 6.28. The van der Waals surface area contributed by atoms with E-state index in [4.69, 9.17) is 5.73 Å². The Hall–Kier alpha value is -3.68. The van der Waals surface area contributed by atoms with E-state index in [0.717, 1.165) is 16.5 Å². The number of nitrogens with one attached hydrogen (secondary N) is 4. The topological polar surface area (TPSA) is 187 Å². The molecule has 0 fully saturated rings. The molecule has 8 N–H and O–H groups in total. The smallest absolute Gasteiger partial charge is 0.326 e. The Kier molecular flexibility index (Phi) is 13.2. The molecule has 0 bridgehead atoms. The Morgan fingerprint density at radius 3 is 2.09 bits per heavy atom. The first-order valence-electron chi connectivity index (χ1n) is 13.8. The second kappa shape index (κ2) is 16.8. The van der Waals surface area contributed by atoms with Crippen LogP contribution in [0.1, 0.15) is 24.0 Å². The lowest BCUT2D eigenvalue weighted by Crippen LogP contribution is -2.58. The number of aromatic nitrogens is 1. The van der Waals surface area contributed by atoms with Crippen molar-refractivity contribution in [3.05, 3.63) is 65.9 Å². The van der Waals surface area contributed by atoms with Gasteiger partial charge in [0.05, 0.1) is 6.04 Å². The van der Waals surface area contributed by atoms with E-state index in [1.165, 1.54) is 23.9 Å². The highest BCUT2D eigenvalue weighted by Crippen LogP contribution is 2.19. The van der Waals surface area contributed by atoms with Gasteiger partial charge in [-0.1, -0.05) is 30.3 Å². The molecule has 13 heteroatoms. The van der Waals surface area contributed by atoms with Crippen LogP contribution in [0.15, 0.2) is 54.7 Å². The van der Waals surface area contributed by atoms with Crippen LogP contribution < -0.4 is 21.7 Å². The van der Waals surface area contributed by atoms with Crippen molar-refractivity contribution >= 4 is 58.1 Å². The Bertz CT molecular complexity index is 1380. The molecular formula is C30H39N5O6S2. The molecule has 232 valence electrons. The number of carbonyl (C=O) groups excluding carboxylic acids is 3. The highest BCUT2D eigenvalue weighted by atomic mass is 32.2. The summed E-state index contributed by atoms with van der Waals surface area (Å²) in [5.41, 5.74) is 8.30. The predicted molar refractivity (Wildman–Crippen MR) is 171 cm³/mol. The van der Waals surface area contributed by atoms with Gasteiger partial charge in [0, 0.05) is 29.9 Å². The molecule has 0 aliphatic rings. The van der Waals surface area contributed by atoms with Gasteiger partial charge in [-0.3, -0.25) is 14.4 Å². The molecule has 2 aromatic carbocycles. The Morgan fingerprint density at radius 2 is 1.42 bits per heavy atom. The van der Waals surface area contributed by atoms with Crippen LogP contribution in [0, 0.1) is 0 Å². The minimum Gasteiger partial charge on any atom is -0.508 e. The van der Waals surface area contributed by atoms with Gasteiger partial charge in [0.1, 0.15) is 23.9 Å². The van der Waals surface area contributed by atoms with Crippen LogP contribution in [0.3, 0.4) is 0 Å². The summed E-state index contributed by atoms with van der Waals surface area (Å²) < 4.78 is 0. The number of rotatable bonds is 17. The lowest BCUT2D eigenvalue weighted by molar-refractivity contribution is -0.142. The molecule has 0 saturated heterocycles. The summed E-state index contributed by atoms with van der Waals surface area (Å²) in [6, 6.07) is 9.53. The molecule has 11 nitrogen and oxygen atoms in total. The molecule has 1 aromatic heterocycles. The van der Waals surface area contributed by atoms with Gasteiger partial charge in [-0.15, -0.1) is 0 Å². The number of H-pyrrole nitrogens is 1. The number of fused-ring (bicyclic) bond motifs is 1. The number of carbonyl (C=O) groups is 4. The van der Waals surface area contributed by atoms with Crippen molar-refractivity contribution in [3.63, 3.8) is 0 Å². The third kappa shape index (κ3) is 10.2. The van der Waals surface area contributed by atoms with Crippen LogP contribution >= 0.6 is 23.5 Å². The summed E-state index contributed by atoms with van der Waals surface area (Å²) in [4.78, 5) is 55.1. The number of carboxylic acids is 1. The van der Waals surface area contributed by atoms with Crippen molar-refractivity contribution in [1.82, 2.24) is 20.9 Å². The number of carboxylic acid groups (broad SMARTS) is 1. The van der Waals surface area contributed by atoms with Gasteiger partial charge in [-0.05, 0) is 66.2 Å². The SMILES string of the molecule is CSCCC(N)C(=O)NC(Cc1ccc(O)cc1)C(=O)NC(CCSC)C(=O)NC(Cc1c[nH]c2ccccc12)C(=O)O. The van der Waals surface area contributed by atoms with Crippen molar-refractivity contribution in [3.8, 4) is 5.75 Å². The van der Waals surface area contributed by atoms with Gasteiger partial charge in [-0.25, -0.2) is 4.79 Å². The van der Waals surface area contributed by atoms with Gasteiger partial charge < -0.3 is 36.9 Å². The van der Waals surface area contributed by atoms with Crippen LogP contribution in [-0.4, -0.2) is 87.1 Å². The van der Waals surface area contributed by atoms with Crippen molar-refractivity contribution < 1.29 is 29.4 Å². The number of phenols is 1. The van der Waals surface area contributed by atoms with E-state index in [2.05, 4.69) is 20.9 Å². The summed E-state index contributed by atoms with van der Waals surface area (Å²) >= 11 is 3.03. The lowest BCUT2D eigenvalue weighted by Gasteiger charge is -2.25. The molecule has 1 heterocycles. The third-order valence-corrected chi connectivity index (χ3v) is 8.22. The van der Waals surface area contributed by atoms with Crippen molar-refractivity contribution in [2.24, 2.45) is 5.73 Å². The predicted octanol–water partition coefficient (Wildman–Crippen LogP) is 2.03. The van der Waals surface area contributed by atoms with E-state index in [0.29, 0.717) is 23.5 Å². The molecule has 0 aliphatic heterocycles. The zero-order valence-corrected chi connectivity index (χ0v) is 25.8. The maximum Gasteiger partial charge on any atom is 0.326 e. The van der Waals surface area contributed by atoms with E-state index in [-0.39, 0.29) is 25.0 Å². The number of aromatic amines is 1. The highest BCUT2D eigenvalue weighted by molar-refractivity contribution is 7.98. The normalized spacial score (nSPS) is 13.9.